The number of pyridine rings is 1. The number of hydrogen-bond acceptors (Lipinski definition) is 3. The number of H-pyrrole nitrogens is 1. The first kappa shape index (κ1) is 17.8. The molecule has 24 heavy (non-hydrogen) atoms. The molecule has 0 fully saturated rings. The standard InChI is InChI=1S/C19H24N2O3/c1-12(2)24-16-7-5-6-15(9-16)10-18(22)20-11-17-13(3)8-14(4)21-19(17)23/h5-9,12H,10-11H2,1-4H3,(H,20,22)(H,21,23). The lowest BCUT2D eigenvalue weighted by molar-refractivity contribution is -0.120. The minimum absolute atomic E-state index is 0.0883. The van der Waals surface area contributed by atoms with E-state index in [1.54, 1.807) is 0 Å². The Labute approximate surface area is 142 Å². The zero-order chi connectivity index (χ0) is 17.7. The van der Waals surface area contributed by atoms with E-state index in [1.807, 2.05) is 58.0 Å². The van der Waals surface area contributed by atoms with Crippen molar-refractivity contribution in [2.24, 2.45) is 0 Å². The Morgan fingerprint density at radius 3 is 2.67 bits per heavy atom. The van der Waals surface area contributed by atoms with Gasteiger partial charge in [-0.2, -0.15) is 0 Å². The molecule has 0 aliphatic heterocycles. The van der Waals surface area contributed by atoms with E-state index in [4.69, 9.17) is 4.74 Å². The molecule has 0 aliphatic carbocycles. The van der Waals surface area contributed by atoms with Gasteiger partial charge < -0.3 is 15.0 Å². The minimum Gasteiger partial charge on any atom is -0.491 e. The Balaban J connectivity index is 1.98. The van der Waals surface area contributed by atoms with E-state index in [2.05, 4.69) is 10.3 Å². The molecule has 1 aromatic carbocycles. The van der Waals surface area contributed by atoms with Crippen LogP contribution in [-0.2, 0) is 17.8 Å². The molecule has 1 aromatic heterocycles. The topological polar surface area (TPSA) is 71.2 Å². The van der Waals surface area contributed by atoms with Crippen molar-refractivity contribution in [3.05, 3.63) is 63.1 Å². The lowest BCUT2D eigenvalue weighted by Crippen LogP contribution is -2.29. The van der Waals surface area contributed by atoms with Crippen LogP contribution in [0.15, 0.2) is 35.1 Å². The molecule has 0 aliphatic rings. The molecule has 2 N–H and O–H groups in total. The lowest BCUT2D eigenvalue weighted by Gasteiger charge is -2.11. The number of amides is 1. The number of nitrogens with one attached hydrogen (secondary N) is 2. The van der Waals surface area contributed by atoms with E-state index in [0.717, 1.165) is 22.6 Å². The lowest BCUT2D eigenvalue weighted by atomic mass is 10.1. The molecule has 1 heterocycles. The van der Waals surface area contributed by atoms with Crippen LogP contribution in [0, 0.1) is 13.8 Å². The number of ether oxygens (including phenoxy) is 1. The Morgan fingerprint density at radius 2 is 2.00 bits per heavy atom. The van der Waals surface area contributed by atoms with E-state index < -0.39 is 0 Å². The summed E-state index contributed by atoms with van der Waals surface area (Å²) in [4.78, 5) is 26.9. The summed E-state index contributed by atoms with van der Waals surface area (Å²) in [5, 5.41) is 2.81. The van der Waals surface area contributed by atoms with Crippen molar-refractivity contribution in [1.29, 1.82) is 0 Å². The van der Waals surface area contributed by atoms with Crippen LogP contribution in [-0.4, -0.2) is 17.0 Å². The third kappa shape index (κ3) is 4.98. The normalized spacial score (nSPS) is 10.7. The summed E-state index contributed by atoms with van der Waals surface area (Å²) >= 11 is 0. The van der Waals surface area contributed by atoms with Gasteiger partial charge in [0.15, 0.2) is 0 Å². The molecule has 5 nitrogen and oxygen atoms in total. The number of aromatic nitrogens is 1. The van der Waals surface area contributed by atoms with E-state index in [1.165, 1.54) is 0 Å². The maximum absolute atomic E-state index is 12.1. The summed E-state index contributed by atoms with van der Waals surface area (Å²) in [6, 6.07) is 9.39. The number of hydrogen-bond donors (Lipinski definition) is 2. The van der Waals surface area contributed by atoms with E-state index >= 15 is 0 Å². The van der Waals surface area contributed by atoms with Crippen molar-refractivity contribution in [3.63, 3.8) is 0 Å². The second-order valence-electron chi connectivity index (χ2n) is 6.21. The first-order valence-electron chi connectivity index (χ1n) is 8.07. The van der Waals surface area contributed by atoms with Gasteiger partial charge in [0.05, 0.1) is 12.5 Å². The van der Waals surface area contributed by atoms with Gasteiger partial charge in [0, 0.05) is 17.8 Å². The molecule has 0 saturated carbocycles. The monoisotopic (exact) mass is 328 g/mol. The highest BCUT2D eigenvalue weighted by molar-refractivity contribution is 5.78. The maximum Gasteiger partial charge on any atom is 0.253 e. The Kier molecular flexibility index (Phi) is 5.79. The van der Waals surface area contributed by atoms with Crippen LogP contribution in [0.4, 0.5) is 0 Å². The first-order chi connectivity index (χ1) is 11.3. The number of aryl methyl sites for hydroxylation is 2. The number of benzene rings is 1. The molecule has 5 heteroatoms. The van der Waals surface area contributed by atoms with E-state index in [9.17, 15) is 9.59 Å². The van der Waals surface area contributed by atoms with Crippen LogP contribution in [0.3, 0.4) is 0 Å². The van der Waals surface area contributed by atoms with Gasteiger partial charge in [-0.3, -0.25) is 9.59 Å². The molecule has 0 bridgehead atoms. The van der Waals surface area contributed by atoms with Crippen molar-refractivity contribution in [2.45, 2.75) is 46.8 Å². The zero-order valence-electron chi connectivity index (χ0n) is 14.6. The van der Waals surface area contributed by atoms with Crippen LogP contribution >= 0.6 is 0 Å². The van der Waals surface area contributed by atoms with Crippen molar-refractivity contribution in [2.75, 3.05) is 0 Å². The van der Waals surface area contributed by atoms with Crippen molar-refractivity contribution in [3.8, 4) is 5.75 Å². The van der Waals surface area contributed by atoms with Crippen molar-refractivity contribution >= 4 is 5.91 Å². The van der Waals surface area contributed by atoms with Gasteiger partial charge in [-0.15, -0.1) is 0 Å². The minimum atomic E-state index is -0.153. The zero-order valence-corrected chi connectivity index (χ0v) is 14.6. The van der Waals surface area contributed by atoms with Crippen LogP contribution < -0.4 is 15.6 Å². The summed E-state index contributed by atoms with van der Waals surface area (Å²) < 4.78 is 5.63. The predicted molar refractivity (Wildman–Crippen MR) is 94.3 cm³/mol. The fourth-order valence-electron chi connectivity index (χ4n) is 2.54. The SMILES string of the molecule is Cc1cc(C)c(CNC(=O)Cc2cccc(OC(C)C)c2)c(=O)[nH]1. The smallest absolute Gasteiger partial charge is 0.253 e. The van der Waals surface area contributed by atoms with Gasteiger partial charge in [0.2, 0.25) is 5.91 Å². The highest BCUT2D eigenvalue weighted by Gasteiger charge is 2.09. The molecule has 2 rings (SSSR count). The molecular weight excluding hydrogens is 304 g/mol. The molecule has 2 aromatic rings. The van der Waals surface area contributed by atoms with Gasteiger partial charge in [-0.1, -0.05) is 12.1 Å². The largest absolute Gasteiger partial charge is 0.491 e. The summed E-state index contributed by atoms with van der Waals surface area (Å²) in [7, 11) is 0. The average Bonchev–Trinajstić information content (AvgIpc) is 2.45. The predicted octanol–water partition coefficient (Wildman–Crippen LogP) is 2.64. The third-order valence-electron chi connectivity index (χ3n) is 3.59. The quantitative estimate of drug-likeness (QED) is 0.856. The molecule has 0 saturated heterocycles. The summed E-state index contributed by atoms with van der Waals surface area (Å²) in [6.45, 7) is 7.85. The highest BCUT2D eigenvalue weighted by Crippen LogP contribution is 2.15. The molecular formula is C19H24N2O3. The van der Waals surface area contributed by atoms with Gasteiger partial charge in [-0.05, 0) is 57.0 Å². The second-order valence-corrected chi connectivity index (χ2v) is 6.21. The molecule has 0 spiro atoms. The van der Waals surface area contributed by atoms with Crippen LogP contribution in [0.2, 0.25) is 0 Å². The molecule has 0 unspecified atom stereocenters. The van der Waals surface area contributed by atoms with Gasteiger partial charge in [-0.25, -0.2) is 0 Å². The number of carbonyl (C=O) groups is 1. The van der Waals surface area contributed by atoms with Crippen LogP contribution in [0.25, 0.3) is 0 Å². The molecule has 128 valence electrons. The van der Waals surface area contributed by atoms with Crippen LogP contribution in [0.5, 0.6) is 5.75 Å². The average molecular weight is 328 g/mol. The third-order valence-corrected chi connectivity index (χ3v) is 3.59. The maximum atomic E-state index is 12.1. The Hall–Kier alpha value is -2.56. The van der Waals surface area contributed by atoms with E-state index in [0.29, 0.717) is 5.56 Å². The second kappa shape index (κ2) is 7.81. The van der Waals surface area contributed by atoms with Gasteiger partial charge >= 0.3 is 0 Å². The molecule has 1 amide bonds. The van der Waals surface area contributed by atoms with Gasteiger partial charge in [0.25, 0.3) is 5.56 Å². The number of rotatable bonds is 6. The summed E-state index contributed by atoms with van der Waals surface area (Å²) in [5.74, 6) is 0.622. The van der Waals surface area contributed by atoms with Gasteiger partial charge in [0.1, 0.15) is 5.75 Å². The summed E-state index contributed by atoms with van der Waals surface area (Å²) in [6.07, 6.45) is 0.336. The van der Waals surface area contributed by atoms with Crippen molar-refractivity contribution < 1.29 is 9.53 Å². The van der Waals surface area contributed by atoms with Crippen LogP contribution in [0.1, 0.15) is 36.2 Å². The Bertz CT molecular complexity index is 778. The number of carbonyl (C=O) groups excluding carboxylic acids is 1. The Morgan fingerprint density at radius 1 is 1.25 bits per heavy atom. The first-order valence-corrected chi connectivity index (χ1v) is 8.07. The van der Waals surface area contributed by atoms with Crippen molar-refractivity contribution in [1.82, 2.24) is 10.3 Å². The summed E-state index contributed by atoms with van der Waals surface area (Å²) in [5.41, 5.74) is 3.00. The molecule has 0 atom stereocenters. The highest BCUT2D eigenvalue weighted by atomic mass is 16.5. The fraction of sp³-hybridized carbons (Fsp3) is 0.368. The number of aromatic amines is 1. The fourth-order valence-corrected chi connectivity index (χ4v) is 2.54. The van der Waals surface area contributed by atoms with E-state index in [-0.39, 0.29) is 30.5 Å². The molecule has 0 radical (unpaired) electrons.